The van der Waals surface area contributed by atoms with E-state index in [1.807, 2.05) is 71.6 Å². The standard InChI is InChI=1S/C23H22IN3O3/c1-29-22-19(15-27(25-22)21(24)18-11-6-3-7-12-18)20-13-8-14-26(20)23(28)30-16-17-9-4-2-5-10-17/h2-13,15,20-21H,14,16H2,1H3. The zero-order valence-electron chi connectivity index (χ0n) is 16.5. The quantitative estimate of drug-likeness (QED) is 0.260. The van der Waals surface area contributed by atoms with Gasteiger partial charge in [0.2, 0.25) is 5.88 Å². The molecule has 4 rings (SSSR count). The Morgan fingerprint density at radius 2 is 1.87 bits per heavy atom. The fraction of sp³-hybridized carbons (Fsp3) is 0.217. The van der Waals surface area contributed by atoms with Crippen LogP contribution in [0.4, 0.5) is 4.79 Å². The Hall–Kier alpha value is -2.81. The van der Waals surface area contributed by atoms with Crippen LogP contribution in [0.2, 0.25) is 0 Å². The van der Waals surface area contributed by atoms with E-state index in [9.17, 15) is 4.79 Å². The number of benzene rings is 2. The van der Waals surface area contributed by atoms with Gasteiger partial charge in [0.05, 0.1) is 18.7 Å². The first-order chi connectivity index (χ1) is 14.7. The third-order valence-electron chi connectivity index (χ3n) is 4.94. The maximum Gasteiger partial charge on any atom is 0.411 e. The van der Waals surface area contributed by atoms with Gasteiger partial charge in [-0.2, -0.15) is 0 Å². The Labute approximate surface area is 189 Å². The second kappa shape index (κ2) is 9.34. The zero-order chi connectivity index (χ0) is 20.9. The molecule has 6 nitrogen and oxygen atoms in total. The predicted octanol–water partition coefficient (Wildman–Crippen LogP) is 5.12. The highest BCUT2D eigenvalue weighted by molar-refractivity contribution is 14.1. The molecule has 30 heavy (non-hydrogen) atoms. The maximum atomic E-state index is 12.8. The van der Waals surface area contributed by atoms with Gasteiger partial charge in [0.15, 0.2) is 0 Å². The number of amides is 1. The van der Waals surface area contributed by atoms with Crippen molar-refractivity contribution in [3.63, 3.8) is 0 Å². The summed E-state index contributed by atoms with van der Waals surface area (Å²) in [5.74, 6) is 0.505. The van der Waals surface area contributed by atoms with Gasteiger partial charge >= 0.3 is 6.09 Å². The molecule has 3 aromatic rings. The summed E-state index contributed by atoms with van der Waals surface area (Å²) in [5, 5.41) is 4.61. The fourth-order valence-corrected chi connectivity index (χ4v) is 4.11. The number of rotatable bonds is 6. The minimum absolute atomic E-state index is 0.00955. The van der Waals surface area contributed by atoms with E-state index in [2.05, 4.69) is 39.8 Å². The van der Waals surface area contributed by atoms with Crippen molar-refractivity contribution in [1.29, 1.82) is 0 Å². The number of aromatic nitrogens is 2. The Morgan fingerprint density at radius 1 is 1.17 bits per heavy atom. The average Bonchev–Trinajstić information content (AvgIpc) is 3.45. The third kappa shape index (κ3) is 4.35. The molecule has 2 aromatic carbocycles. The minimum atomic E-state index is -0.363. The number of methoxy groups -OCH3 is 1. The Kier molecular flexibility index (Phi) is 6.37. The summed E-state index contributed by atoms with van der Waals surface area (Å²) in [5.41, 5.74) is 2.92. The van der Waals surface area contributed by atoms with Gasteiger partial charge in [-0.1, -0.05) is 95.4 Å². The van der Waals surface area contributed by atoms with Crippen molar-refractivity contribution in [2.24, 2.45) is 0 Å². The van der Waals surface area contributed by atoms with Crippen molar-refractivity contribution in [1.82, 2.24) is 14.7 Å². The van der Waals surface area contributed by atoms with Crippen LogP contribution >= 0.6 is 22.6 Å². The highest BCUT2D eigenvalue weighted by Crippen LogP contribution is 2.35. The van der Waals surface area contributed by atoms with Crippen LogP contribution in [0.1, 0.15) is 26.8 Å². The van der Waals surface area contributed by atoms with Crippen LogP contribution in [-0.4, -0.2) is 34.4 Å². The Morgan fingerprint density at radius 3 is 2.57 bits per heavy atom. The average molecular weight is 515 g/mol. The van der Waals surface area contributed by atoms with Crippen LogP contribution < -0.4 is 4.74 Å². The van der Waals surface area contributed by atoms with Crippen LogP contribution in [0.25, 0.3) is 0 Å². The lowest BCUT2D eigenvalue weighted by atomic mass is 10.1. The smallest absolute Gasteiger partial charge is 0.411 e. The van der Waals surface area contributed by atoms with Gasteiger partial charge in [0, 0.05) is 12.7 Å². The van der Waals surface area contributed by atoms with Crippen molar-refractivity contribution in [3.8, 4) is 5.88 Å². The molecule has 0 spiro atoms. The van der Waals surface area contributed by atoms with Gasteiger partial charge in [-0.3, -0.25) is 9.58 Å². The number of alkyl halides is 1. The molecule has 154 valence electrons. The zero-order valence-corrected chi connectivity index (χ0v) is 18.7. The lowest BCUT2D eigenvalue weighted by Gasteiger charge is -2.23. The van der Waals surface area contributed by atoms with Crippen molar-refractivity contribution in [2.45, 2.75) is 16.7 Å². The normalized spacial score (nSPS) is 16.5. The van der Waals surface area contributed by atoms with Gasteiger partial charge < -0.3 is 9.47 Å². The molecule has 0 saturated carbocycles. The molecule has 7 heteroatoms. The van der Waals surface area contributed by atoms with Crippen molar-refractivity contribution in [3.05, 3.63) is 95.7 Å². The molecule has 0 bridgehead atoms. The second-order valence-corrected chi connectivity index (χ2v) is 8.07. The summed E-state index contributed by atoms with van der Waals surface area (Å²) < 4.78 is 12.9. The van der Waals surface area contributed by atoms with E-state index in [0.717, 1.165) is 16.7 Å². The van der Waals surface area contributed by atoms with E-state index in [1.54, 1.807) is 12.0 Å². The molecule has 1 amide bonds. The lowest BCUT2D eigenvalue weighted by molar-refractivity contribution is 0.0946. The minimum Gasteiger partial charge on any atom is -0.480 e. The first kappa shape index (κ1) is 20.5. The van der Waals surface area contributed by atoms with Gasteiger partial charge in [-0.15, -0.1) is 5.10 Å². The first-order valence-electron chi connectivity index (χ1n) is 9.63. The number of hydrogen-bond donors (Lipinski definition) is 0. The van der Waals surface area contributed by atoms with E-state index < -0.39 is 0 Å². The predicted molar refractivity (Wildman–Crippen MR) is 123 cm³/mol. The van der Waals surface area contributed by atoms with Crippen LogP contribution in [0.5, 0.6) is 5.88 Å². The molecule has 2 unspecified atom stereocenters. The molecule has 0 saturated heterocycles. The van der Waals surface area contributed by atoms with Crippen molar-refractivity contribution >= 4 is 28.7 Å². The molecule has 0 fully saturated rings. The first-order valence-corrected chi connectivity index (χ1v) is 10.9. The summed E-state index contributed by atoms with van der Waals surface area (Å²) in [7, 11) is 1.59. The summed E-state index contributed by atoms with van der Waals surface area (Å²) >= 11 is 2.34. The molecule has 0 aliphatic carbocycles. The number of carbonyl (C=O) groups excluding carboxylic acids is 1. The maximum absolute atomic E-state index is 12.8. The second-order valence-electron chi connectivity index (χ2n) is 6.89. The fourth-order valence-electron chi connectivity index (χ4n) is 3.41. The van der Waals surface area contributed by atoms with Gasteiger partial charge in [0.1, 0.15) is 10.7 Å². The largest absolute Gasteiger partial charge is 0.480 e. The topological polar surface area (TPSA) is 56.6 Å². The number of halogens is 1. The van der Waals surface area contributed by atoms with Gasteiger partial charge in [0.25, 0.3) is 0 Å². The monoisotopic (exact) mass is 515 g/mol. The van der Waals surface area contributed by atoms with Crippen LogP contribution in [-0.2, 0) is 11.3 Å². The molecule has 1 aliphatic rings. The summed E-state index contributed by atoms with van der Waals surface area (Å²) in [6.07, 6.45) is 5.53. The number of nitrogens with zero attached hydrogens (tertiary/aromatic N) is 3. The molecule has 0 radical (unpaired) electrons. The van der Waals surface area contributed by atoms with Gasteiger partial charge in [-0.25, -0.2) is 4.79 Å². The van der Waals surface area contributed by atoms with Crippen LogP contribution in [0.3, 0.4) is 0 Å². The highest BCUT2D eigenvalue weighted by Gasteiger charge is 2.32. The molecular weight excluding hydrogens is 493 g/mol. The lowest BCUT2D eigenvalue weighted by Crippen LogP contribution is -2.31. The molecule has 2 heterocycles. The van der Waals surface area contributed by atoms with E-state index >= 15 is 0 Å². The van der Waals surface area contributed by atoms with E-state index in [-0.39, 0.29) is 22.8 Å². The van der Waals surface area contributed by atoms with E-state index in [1.165, 1.54) is 0 Å². The molecule has 1 aromatic heterocycles. The number of hydrogen-bond acceptors (Lipinski definition) is 4. The Balaban J connectivity index is 1.52. The van der Waals surface area contributed by atoms with E-state index in [0.29, 0.717) is 12.4 Å². The Bertz CT molecular complexity index is 1020. The summed E-state index contributed by atoms with van der Waals surface area (Å²) in [6, 6.07) is 19.5. The third-order valence-corrected chi connectivity index (χ3v) is 6.23. The summed E-state index contributed by atoms with van der Waals surface area (Å²) in [4.78, 5) is 14.4. The summed E-state index contributed by atoms with van der Waals surface area (Å²) in [6.45, 7) is 0.724. The van der Waals surface area contributed by atoms with Crippen molar-refractivity contribution in [2.75, 3.05) is 13.7 Å². The highest BCUT2D eigenvalue weighted by atomic mass is 127. The molecule has 1 aliphatic heterocycles. The van der Waals surface area contributed by atoms with Crippen LogP contribution in [0.15, 0.2) is 79.0 Å². The molecular formula is C23H22IN3O3. The van der Waals surface area contributed by atoms with Crippen molar-refractivity contribution < 1.29 is 14.3 Å². The number of ether oxygens (including phenoxy) is 2. The van der Waals surface area contributed by atoms with E-state index in [4.69, 9.17) is 9.47 Å². The molecule has 2 atom stereocenters. The van der Waals surface area contributed by atoms with Crippen LogP contribution in [0, 0.1) is 0 Å². The molecule has 0 N–H and O–H groups in total. The SMILES string of the molecule is COc1nn(C(I)c2ccccc2)cc1C1C=CCN1C(=O)OCc1ccccc1. The number of carbonyl (C=O) groups is 1. The van der Waals surface area contributed by atoms with Gasteiger partial charge in [-0.05, 0) is 11.1 Å².